The molecule has 0 saturated carbocycles. The molecule has 0 heterocycles. The Balaban J connectivity index is 0.00000364. The van der Waals surface area contributed by atoms with E-state index < -0.39 is 21.8 Å². The largest absolute Gasteiger partial charge is 0.489 e. The maximum absolute atomic E-state index is 13.5. The number of carbonyl (C=O) groups excluding carboxylic acids is 1. The van der Waals surface area contributed by atoms with Crippen LogP contribution in [0.2, 0.25) is 0 Å². The van der Waals surface area contributed by atoms with Gasteiger partial charge in [0.15, 0.2) is 0 Å². The van der Waals surface area contributed by atoms with Gasteiger partial charge < -0.3 is 15.8 Å². The average molecular weight is 417 g/mol. The van der Waals surface area contributed by atoms with Crippen LogP contribution in [0.3, 0.4) is 0 Å². The molecular formula is C18H22ClFN2O4S. The third-order valence-electron chi connectivity index (χ3n) is 3.61. The lowest BCUT2D eigenvalue weighted by Gasteiger charge is -2.12. The van der Waals surface area contributed by atoms with Gasteiger partial charge in [0.25, 0.3) is 0 Å². The third kappa shape index (κ3) is 7.94. The zero-order chi connectivity index (χ0) is 19.2. The van der Waals surface area contributed by atoms with E-state index in [0.29, 0.717) is 17.0 Å². The minimum absolute atomic E-state index is 0. The van der Waals surface area contributed by atoms with Crippen molar-refractivity contribution in [1.82, 2.24) is 0 Å². The first-order valence-electron chi connectivity index (χ1n) is 7.95. The Morgan fingerprint density at radius 3 is 2.41 bits per heavy atom. The van der Waals surface area contributed by atoms with Gasteiger partial charge in [-0.1, -0.05) is 18.2 Å². The fourth-order valence-corrected chi connectivity index (χ4v) is 2.80. The van der Waals surface area contributed by atoms with E-state index in [0.717, 1.165) is 6.26 Å². The highest BCUT2D eigenvalue weighted by Crippen LogP contribution is 2.18. The van der Waals surface area contributed by atoms with Gasteiger partial charge in [0.1, 0.15) is 28.0 Å². The summed E-state index contributed by atoms with van der Waals surface area (Å²) in [7, 11) is -3.17. The molecule has 2 rings (SSSR count). The summed E-state index contributed by atoms with van der Waals surface area (Å²) in [4.78, 5) is 12.0. The zero-order valence-electron chi connectivity index (χ0n) is 14.7. The third-order valence-corrected chi connectivity index (χ3v) is 4.59. The van der Waals surface area contributed by atoms with Crippen molar-refractivity contribution in [2.75, 3.05) is 17.3 Å². The first-order valence-corrected chi connectivity index (χ1v) is 10.0. The molecule has 1 unspecified atom stereocenters. The second-order valence-corrected chi connectivity index (χ2v) is 8.18. The zero-order valence-corrected chi connectivity index (χ0v) is 16.4. The number of rotatable bonds is 8. The Kier molecular flexibility index (Phi) is 8.68. The SMILES string of the molecule is CS(=O)(=O)CCC(N)C(=O)Nc1ccc(OCc2ccccc2F)cc1.Cl. The number of amides is 1. The van der Waals surface area contributed by atoms with E-state index in [1.165, 1.54) is 6.07 Å². The van der Waals surface area contributed by atoms with Crippen molar-refractivity contribution in [3.63, 3.8) is 0 Å². The minimum Gasteiger partial charge on any atom is -0.489 e. The van der Waals surface area contributed by atoms with Crippen LogP contribution in [0.4, 0.5) is 10.1 Å². The highest BCUT2D eigenvalue weighted by atomic mass is 35.5. The summed E-state index contributed by atoms with van der Waals surface area (Å²) in [5.41, 5.74) is 6.64. The van der Waals surface area contributed by atoms with Gasteiger partial charge >= 0.3 is 0 Å². The highest BCUT2D eigenvalue weighted by Gasteiger charge is 2.16. The van der Waals surface area contributed by atoms with E-state index in [9.17, 15) is 17.6 Å². The molecule has 0 bridgehead atoms. The maximum Gasteiger partial charge on any atom is 0.241 e. The van der Waals surface area contributed by atoms with Gasteiger partial charge in [-0.15, -0.1) is 12.4 Å². The number of hydrogen-bond acceptors (Lipinski definition) is 5. The standard InChI is InChI=1S/C18H21FN2O4S.ClH/c1-26(23,24)11-10-17(20)18(22)21-14-6-8-15(9-7-14)25-12-13-4-2-3-5-16(13)19;/h2-9,17H,10-12,20H2,1H3,(H,21,22);1H. The fraction of sp³-hybridized carbons (Fsp3) is 0.278. The van der Waals surface area contributed by atoms with Crippen molar-refractivity contribution in [3.05, 3.63) is 59.9 Å². The number of benzene rings is 2. The van der Waals surface area contributed by atoms with Crippen molar-refractivity contribution < 1.29 is 22.3 Å². The molecule has 148 valence electrons. The van der Waals surface area contributed by atoms with E-state index in [-0.39, 0.29) is 37.0 Å². The van der Waals surface area contributed by atoms with Crippen LogP contribution < -0.4 is 15.8 Å². The monoisotopic (exact) mass is 416 g/mol. The van der Waals surface area contributed by atoms with Crippen molar-refractivity contribution in [3.8, 4) is 5.75 Å². The fourth-order valence-electron chi connectivity index (χ4n) is 2.12. The van der Waals surface area contributed by atoms with Gasteiger partial charge in [-0.2, -0.15) is 0 Å². The lowest BCUT2D eigenvalue weighted by Crippen LogP contribution is -2.37. The van der Waals surface area contributed by atoms with E-state index in [2.05, 4.69) is 5.32 Å². The Hall–Kier alpha value is -2.16. The molecule has 3 N–H and O–H groups in total. The normalized spacial score (nSPS) is 12.0. The molecule has 1 amide bonds. The number of ether oxygens (including phenoxy) is 1. The molecule has 2 aromatic carbocycles. The first-order chi connectivity index (χ1) is 12.2. The highest BCUT2D eigenvalue weighted by molar-refractivity contribution is 7.90. The number of anilines is 1. The summed E-state index contributed by atoms with van der Waals surface area (Å²) in [6.07, 6.45) is 1.15. The molecule has 0 radical (unpaired) electrons. The number of nitrogens with two attached hydrogens (primary N) is 1. The summed E-state index contributed by atoms with van der Waals surface area (Å²) in [5, 5.41) is 2.61. The molecule has 0 spiro atoms. The van der Waals surface area contributed by atoms with Gasteiger partial charge in [0.2, 0.25) is 5.91 Å². The smallest absolute Gasteiger partial charge is 0.241 e. The van der Waals surface area contributed by atoms with Crippen LogP contribution >= 0.6 is 12.4 Å². The van der Waals surface area contributed by atoms with Crippen molar-refractivity contribution in [2.45, 2.75) is 19.1 Å². The molecule has 2 aromatic rings. The van der Waals surface area contributed by atoms with Gasteiger partial charge in [0.05, 0.1) is 11.8 Å². The summed E-state index contributed by atoms with van der Waals surface area (Å²) in [6.45, 7) is 0.0920. The lowest BCUT2D eigenvalue weighted by atomic mass is 10.2. The van der Waals surface area contributed by atoms with Crippen LogP contribution in [0.15, 0.2) is 48.5 Å². The van der Waals surface area contributed by atoms with Gasteiger partial charge in [-0.05, 0) is 36.8 Å². The molecule has 9 heteroatoms. The summed E-state index contributed by atoms with van der Waals surface area (Å²) in [6, 6.07) is 11.9. The van der Waals surface area contributed by atoms with Crippen molar-refractivity contribution in [1.29, 1.82) is 0 Å². The van der Waals surface area contributed by atoms with E-state index >= 15 is 0 Å². The van der Waals surface area contributed by atoms with Crippen LogP contribution in [-0.4, -0.2) is 32.4 Å². The number of sulfone groups is 1. The maximum atomic E-state index is 13.5. The van der Waals surface area contributed by atoms with Crippen LogP contribution in [0.1, 0.15) is 12.0 Å². The number of carbonyl (C=O) groups is 1. The number of halogens is 2. The minimum atomic E-state index is -3.17. The Labute approximate surface area is 164 Å². The first kappa shape index (κ1) is 22.9. The Morgan fingerprint density at radius 1 is 1.19 bits per heavy atom. The number of nitrogens with one attached hydrogen (secondary N) is 1. The van der Waals surface area contributed by atoms with Crippen LogP contribution in [-0.2, 0) is 21.2 Å². The molecule has 0 aromatic heterocycles. The average Bonchev–Trinajstić information content (AvgIpc) is 2.59. The quantitative estimate of drug-likeness (QED) is 0.689. The van der Waals surface area contributed by atoms with E-state index in [1.807, 2.05) is 0 Å². The van der Waals surface area contributed by atoms with E-state index in [4.69, 9.17) is 10.5 Å². The second kappa shape index (κ2) is 10.2. The summed E-state index contributed by atoms with van der Waals surface area (Å²) in [5.74, 6) is -0.425. The number of hydrogen-bond donors (Lipinski definition) is 2. The lowest BCUT2D eigenvalue weighted by molar-refractivity contribution is -0.117. The van der Waals surface area contributed by atoms with Crippen molar-refractivity contribution >= 4 is 33.8 Å². The Morgan fingerprint density at radius 2 is 1.81 bits per heavy atom. The molecule has 1 atom stereocenters. The molecule has 0 aliphatic heterocycles. The van der Waals surface area contributed by atoms with Gasteiger partial charge in [0, 0.05) is 17.5 Å². The summed E-state index contributed by atoms with van der Waals surface area (Å²) < 4.78 is 41.3. The topological polar surface area (TPSA) is 98.5 Å². The van der Waals surface area contributed by atoms with Crippen LogP contribution in [0.25, 0.3) is 0 Å². The molecule has 0 fully saturated rings. The van der Waals surface area contributed by atoms with Gasteiger partial charge in [-0.25, -0.2) is 12.8 Å². The van der Waals surface area contributed by atoms with E-state index in [1.54, 1.807) is 42.5 Å². The molecule has 27 heavy (non-hydrogen) atoms. The summed E-state index contributed by atoms with van der Waals surface area (Å²) >= 11 is 0. The van der Waals surface area contributed by atoms with Crippen LogP contribution in [0.5, 0.6) is 5.75 Å². The molecule has 6 nitrogen and oxygen atoms in total. The Bertz CT molecular complexity index is 860. The predicted octanol–water partition coefficient (Wildman–Crippen LogP) is 2.53. The van der Waals surface area contributed by atoms with Gasteiger partial charge in [-0.3, -0.25) is 4.79 Å². The second-order valence-electron chi connectivity index (χ2n) is 5.92. The predicted molar refractivity (Wildman–Crippen MR) is 105 cm³/mol. The molecule has 0 aliphatic rings. The molecule has 0 saturated heterocycles. The van der Waals surface area contributed by atoms with Crippen molar-refractivity contribution in [2.24, 2.45) is 5.73 Å². The molecular weight excluding hydrogens is 395 g/mol. The van der Waals surface area contributed by atoms with Crippen LogP contribution in [0, 0.1) is 5.82 Å². The molecule has 0 aliphatic carbocycles.